The number of sulfonamides is 1. The van der Waals surface area contributed by atoms with Crippen LogP contribution >= 0.6 is 35.6 Å². The van der Waals surface area contributed by atoms with Crippen LogP contribution in [0.15, 0.2) is 45.7 Å². The van der Waals surface area contributed by atoms with Crippen molar-refractivity contribution in [2.75, 3.05) is 13.6 Å². The first-order chi connectivity index (χ1) is 12.2. The van der Waals surface area contributed by atoms with E-state index in [0.717, 1.165) is 29.8 Å². The van der Waals surface area contributed by atoms with Gasteiger partial charge in [0.1, 0.15) is 0 Å². The van der Waals surface area contributed by atoms with Crippen LogP contribution in [-0.2, 0) is 16.6 Å². The molecule has 0 aliphatic carbocycles. The second kappa shape index (κ2) is 8.24. The molecule has 0 radical (unpaired) electrons. The lowest BCUT2D eigenvalue weighted by Crippen LogP contribution is -2.31. The molecule has 1 aliphatic heterocycles. The molecule has 1 aliphatic rings. The molecule has 0 saturated heterocycles. The minimum Gasteiger partial charge on any atom is -0.369 e. The van der Waals surface area contributed by atoms with Gasteiger partial charge in [-0.05, 0) is 48.0 Å². The van der Waals surface area contributed by atoms with Crippen LogP contribution < -0.4 is 11.5 Å². The number of nitrogens with zero attached hydrogens (tertiary/aromatic N) is 2. The number of fused-ring (bicyclic) bond motifs is 1. The molecule has 1 atom stereocenters. The van der Waals surface area contributed by atoms with Crippen LogP contribution in [0.25, 0.3) is 0 Å². The zero-order chi connectivity index (χ0) is 19.1. The zero-order valence-electron chi connectivity index (χ0n) is 14.4. The van der Waals surface area contributed by atoms with E-state index < -0.39 is 16.0 Å². The lowest BCUT2D eigenvalue weighted by Gasteiger charge is -2.33. The number of guanidine groups is 1. The van der Waals surface area contributed by atoms with Gasteiger partial charge in [-0.15, -0.1) is 16.8 Å². The number of rotatable bonds is 3. The van der Waals surface area contributed by atoms with Gasteiger partial charge in [-0.3, -0.25) is 0 Å². The second-order valence-electron chi connectivity index (χ2n) is 6.26. The molecule has 0 spiro atoms. The summed E-state index contributed by atoms with van der Waals surface area (Å²) in [5, 5.41) is 1.21. The number of nitrogens with two attached hydrogens (primary N) is 2. The van der Waals surface area contributed by atoms with E-state index in [2.05, 4.69) is 9.30 Å². The van der Waals surface area contributed by atoms with E-state index >= 15 is 0 Å². The van der Waals surface area contributed by atoms with Gasteiger partial charge in [-0.25, -0.2) is 0 Å². The summed E-state index contributed by atoms with van der Waals surface area (Å²) in [5.74, 6) is -0.471. The second-order valence-corrected chi connectivity index (χ2v) is 8.71. The highest BCUT2D eigenvalue weighted by Crippen LogP contribution is 2.38. The molecule has 3 rings (SSSR count). The Morgan fingerprint density at radius 1 is 1.19 bits per heavy atom. The van der Waals surface area contributed by atoms with Crippen molar-refractivity contribution < 1.29 is 8.42 Å². The summed E-state index contributed by atoms with van der Waals surface area (Å²) in [5.41, 5.74) is 13.4. The van der Waals surface area contributed by atoms with Gasteiger partial charge in [0.25, 0.3) is 10.0 Å². The molecule has 10 heteroatoms. The Morgan fingerprint density at radius 2 is 1.81 bits per heavy atom. The van der Waals surface area contributed by atoms with E-state index in [1.54, 1.807) is 18.2 Å². The summed E-state index contributed by atoms with van der Waals surface area (Å²) in [6.07, 6.45) is 0. The molecule has 0 aromatic heterocycles. The Kier molecular flexibility index (Phi) is 6.65. The number of hydrogen-bond donors (Lipinski definition) is 2. The molecule has 1 unspecified atom stereocenters. The zero-order valence-corrected chi connectivity index (χ0v) is 17.5. The molecule has 6 nitrogen and oxygen atoms in total. The maximum absolute atomic E-state index is 12.1. The fraction of sp³-hybridized carbons (Fsp3) is 0.235. The first-order valence-corrected chi connectivity index (χ1v) is 9.99. The van der Waals surface area contributed by atoms with Crippen molar-refractivity contribution in [1.82, 2.24) is 4.90 Å². The molecule has 1 heterocycles. The van der Waals surface area contributed by atoms with Crippen LogP contribution in [0, 0.1) is 0 Å². The van der Waals surface area contributed by atoms with Gasteiger partial charge >= 0.3 is 0 Å². The Labute approximate surface area is 174 Å². The smallest absolute Gasteiger partial charge is 0.285 e. The molecule has 0 fully saturated rings. The van der Waals surface area contributed by atoms with Crippen molar-refractivity contribution in [1.29, 1.82) is 0 Å². The summed E-state index contributed by atoms with van der Waals surface area (Å²) < 4.78 is 27.5. The third kappa shape index (κ3) is 4.67. The van der Waals surface area contributed by atoms with E-state index in [1.807, 2.05) is 13.1 Å². The van der Waals surface area contributed by atoms with Crippen molar-refractivity contribution in [3.63, 3.8) is 0 Å². The third-order valence-electron chi connectivity index (χ3n) is 4.30. The van der Waals surface area contributed by atoms with Crippen LogP contribution in [-0.4, -0.2) is 32.9 Å². The van der Waals surface area contributed by atoms with Gasteiger partial charge in [0, 0.05) is 29.1 Å². The predicted molar refractivity (Wildman–Crippen MR) is 111 cm³/mol. The van der Waals surface area contributed by atoms with E-state index in [9.17, 15) is 8.42 Å². The van der Waals surface area contributed by atoms with Crippen LogP contribution in [0.5, 0.6) is 0 Å². The third-order valence-corrected chi connectivity index (χ3v) is 6.17. The molecule has 146 valence electrons. The normalized spacial score (nSPS) is 16.9. The van der Waals surface area contributed by atoms with Gasteiger partial charge in [-0.1, -0.05) is 35.3 Å². The quantitative estimate of drug-likeness (QED) is 0.554. The minimum absolute atomic E-state index is 0. The van der Waals surface area contributed by atoms with Gasteiger partial charge in [0.15, 0.2) is 0 Å². The standard InChI is InChI=1S/C17H18Cl2N4O2S.ClH/c1-23-8-14(13-6-11(18)7-16(19)15(13)9-23)10-2-4-12(5-3-10)26(24,25)22-17(20)21;/h2-7,14H,8-9H2,1H3,(H4,20,21,22);1H. The fourth-order valence-electron chi connectivity index (χ4n) is 3.19. The summed E-state index contributed by atoms with van der Waals surface area (Å²) in [6, 6.07) is 10.2. The largest absolute Gasteiger partial charge is 0.369 e. The van der Waals surface area contributed by atoms with Crippen LogP contribution in [0.2, 0.25) is 10.0 Å². The highest BCUT2D eigenvalue weighted by Gasteiger charge is 2.27. The van der Waals surface area contributed by atoms with E-state index in [1.165, 1.54) is 12.1 Å². The number of hydrogen-bond acceptors (Lipinski definition) is 3. The highest BCUT2D eigenvalue weighted by atomic mass is 35.5. The predicted octanol–water partition coefficient (Wildman–Crippen LogP) is 2.95. The number of likely N-dealkylation sites (N-methyl/N-ethyl adjacent to an activating group) is 1. The lowest BCUT2D eigenvalue weighted by atomic mass is 9.85. The minimum atomic E-state index is -3.91. The van der Waals surface area contributed by atoms with Crippen molar-refractivity contribution in [2.45, 2.75) is 17.4 Å². The van der Waals surface area contributed by atoms with Crippen LogP contribution in [0.1, 0.15) is 22.6 Å². The van der Waals surface area contributed by atoms with Crippen LogP contribution in [0.3, 0.4) is 0 Å². The Morgan fingerprint density at radius 3 is 2.41 bits per heavy atom. The first kappa shape index (κ1) is 21.8. The average molecular weight is 450 g/mol. The lowest BCUT2D eigenvalue weighted by molar-refractivity contribution is 0.295. The molecule has 2 aromatic carbocycles. The van der Waals surface area contributed by atoms with Crippen LogP contribution in [0.4, 0.5) is 0 Å². The first-order valence-electron chi connectivity index (χ1n) is 7.79. The molecule has 0 bridgehead atoms. The SMILES string of the molecule is CN1Cc2c(Cl)cc(Cl)cc2C(c2ccc(S(=O)(=O)N=C(N)N)cc2)C1.Cl. The maximum atomic E-state index is 12.1. The molecular weight excluding hydrogens is 431 g/mol. The molecule has 2 aromatic rings. The summed E-state index contributed by atoms with van der Waals surface area (Å²) in [4.78, 5) is 2.19. The van der Waals surface area contributed by atoms with E-state index in [-0.39, 0.29) is 23.2 Å². The Bertz CT molecular complexity index is 974. The van der Waals surface area contributed by atoms with Crippen molar-refractivity contribution in [2.24, 2.45) is 15.9 Å². The Balaban J connectivity index is 0.00000261. The highest BCUT2D eigenvalue weighted by molar-refractivity contribution is 7.90. The molecular formula is C17H19Cl3N4O2S. The van der Waals surface area contributed by atoms with Crippen molar-refractivity contribution in [3.05, 3.63) is 63.1 Å². The summed E-state index contributed by atoms with van der Waals surface area (Å²) >= 11 is 12.6. The van der Waals surface area contributed by atoms with Gasteiger partial charge < -0.3 is 16.4 Å². The van der Waals surface area contributed by atoms with Gasteiger partial charge in [0.2, 0.25) is 5.96 Å². The molecule has 0 amide bonds. The van der Waals surface area contributed by atoms with E-state index in [0.29, 0.717) is 10.0 Å². The summed E-state index contributed by atoms with van der Waals surface area (Å²) in [6.45, 7) is 1.50. The molecule has 0 saturated carbocycles. The topological polar surface area (TPSA) is 102 Å². The monoisotopic (exact) mass is 448 g/mol. The maximum Gasteiger partial charge on any atom is 0.285 e. The number of halogens is 3. The fourth-order valence-corrected chi connectivity index (χ4v) is 4.63. The van der Waals surface area contributed by atoms with Crippen molar-refractivity contribution in [3.8, 4) is 0 Å². The van der Waals surface area contributed by atoms with Crippen molar-refractivity contribution >= 4 is 51.6 Å². The molecule has 27 heavy (non-hydrogen) atoms. The summed E-state index contributed by atoms with van der Waals surface area (Å²) in [7, 11) is -1.89. The molecule has 4 N–H and O–H groups in total. The average Bonchev–Trinajstić information content (AvgIpc) is 2.54. The Hall–Kier alpha value is -1.51. The number of benzene rings is 2. The van der Waals surface area contributed by atoms with E-state index in [4.69, 9.17) is 34.7 Å². The van der Waals surface area contributed by atoms with Gasteiger partial charge in [-0.2, -0.15) is 8.42 Å². The van der Waals surface area contributed by atoms with Gasteiger partial charge in [0.05, 0.1) is 4.90 Å².